The molecule has 63 heavy (non-hydrogen) atoms. The van der Waals surface area contributed by atoms with Crippen LogP contribution in [0.1, 0.15) is 25.3 Å². The predicted molar refractivity (Wildman–Crippen MR) is 204 cm³/mol. The van der Waals surface area contributed by atoms with Crippen LogP contribution in [0, 0.1) is 17.8 Å². The van der Waals surface area contributed by atoms with Crippen molar-refractivity contribution in [1.29, 1.82) is 0 Å². The molecule has 5 heterocycles. The summed E-state index contributed by atoms with van der Waals surface area (Å²) in [7, 11) is 0. The largest absolute Gasteiger partial charge is 0.472 e. The van der Waals surface area contributed by atoms with Crippen molar-refractivity contribution in [1.82, 2.24) is 0 Å². The third kappa shape index (κ3) is 8.78. The van der Waals surface area contributed by atoms with Gasteiger partial charge in [-0.15, -0.1) is 0 Å². The molecule has 18 atom stereocenters. The molecule has 8 N–H and O–H groups in total. The van der Waals surface area contributed by atoms with E-state index >= 15 is 0 Å². The summed E-state index contributed by atoms with van der Waals surface area (Å²) in [5, 5.41) is 84.5. The Morgan fingerprint density at radius 1 is 0.825 bits per heavy atom. The first kappa shape index (κ1) is 45.2. The van der Waals surface area contributed by atoms with Gasteiger partial charge in [0, 0.05) is 30.4 Å². The molecule has 344 valence electrons. The van der Waals surface area contributed by atoms with Crippen LogP contribution < -0.4 is 0 Å². The van der Waals surface area contributed by atoms with Crippen molar-refractivity contribution in [3.63, 3.8) is 0 Å². The Kier molecular flexibility index (Phi) is 13.4. The number of esters is 3. The number of hydrogen-bond acceptors (Lipinski definition) is 21. The molecule has 0 bridgehead atoms. The zero-order valence-electron chi connectivity index (χ0n) is 33.7. The smallest absolute Gasteiger partial charge is 0.338 e. The number of fused-ring (bicyclic) bond motifs is 4. The lowest BCUT2D eigenvalue weighted by Gasteiger charge is -2.44. The highest BCUT2D eigenvalue weighted by Crippen LogP contribution is 2.60. The summed E-state index contributed by atoms with van der Waals surface area (Å²) in [6, 6.07) is 9.06. The Morgan fingerprint density at radius 2 is 1.54 bits per heavy atom. The molecular formula is C42H50O21. The molecule has 0 aromatic heterocycles. The number of aliphatic hydroxyl groups is 8. The van der Waals surface area contributed by atoms with Crippen LogP contribution in [0.15, 0.2) is 71.7 Å². The Labute approximate surface area is 359 Å². The Hall–Kier alpha value is -4.33. The summed E-state index contributed by atoms with van der Waals surface area (Å²) in [6.07, 6.45) is -14.2. The van der Waals surface area contributed by atoms with Gasteiger partial charge in [-0.05, 0) is 36.1 Å². The van der Waals surface area contributed by atoms with E-state index < -0.39 is 141 Å². The summed E-state index contributed by atoms with van der Waals surface area (Å²) >= 11 is 0. The first-order valence-corrected chi connectivity index (χ1v) is 20.5. The molecule has 8 rings (SSSR count). The predicted octanol–water partition coefficient (Wildman–Crippen LogP) is -2.45. The first-order chi connectivity index (χ1) is 30.3. The molecule has 7 aliphatic rings. The second-order valence-electron chi connectivity index (χ2n) is 16.3. The maximum atomic E-state index is 14.2. The van der Waals surface area contributed by atoms with E-state index in [1.807, 2.05) is 18.2 Å². The number of rotatable bonds is 14. The lowest BCUT2D eigenvalue weighted by atomic mass is 9.85. The molecule has 0 spiro atoms. The van der Waals surface area contributed by atoms with Gasteiger partial charge in [-0.3, -0.25) is 4.79 Å². The van der Waals surface area contributed by atoms with Gasteiger partial charge >= 0.3 is 17.9 Å². The summed E-state index contributed by atoms with van der Waals surface area (Å²) in [6.45, 7) is -0.849. The first-order valence-electron chi connectivity index (χ1n) is 20.5. The van der Waals surface area contributed by atoms with E-state index in [0.717, 1.165) is 11.8 Å². The minimum absolute atomic E-state index is 0.117. The maximum absolute atomic E-state index is 14.2. The van der Waals surface area contributed by atoms with Crippen molar-refractivity contribution in [2.75, 3.05) is 26.4 Å². The molecule has 21 nitrogen and oxygen atoms in total. The Bertz CT molecular complexity index is 1970. The van der Waals surface area contributed by atoms with Crippen LogP contribution in [0.2, 0.25) is 0 Å². The molecule has 1 aromatic carbocycles. The summed E-state index contributed by atoms with van der Waals surface area (Å²) in [4.78, 5) is 38.7. The van der Waals surface area contributed by atoms with Crippen molar-refractivity contribution < 1.29 is 103 Å². The summed E-state index contributed by atoms with van der Waals surface area (Å²) in [5.74, 6) is -4.69. The fourth-order valence-electron chi connectivity index (χ4n) is 9.17. The van der Waals surface area contributed by atoms with E-state index in [2.05, 4.69) is 0 Å². The molecule has 18 unspecified atom stereocenters. The number of ether oxygens (including phenoxy) is 10. The van der Waals surface area contributed by atoms with Gasteiger partial charge in [0.25, 0.3) is 0 Å². The molecule has 4 fully saturated rings. The van der Waals surface area contributed by atoms with Gasteiger partial charge < -0.3 is 88.2 Å². The normalized spacial score (nSPS) is 41.4. The van der Waals surface area contributed by atoms with Crippen molar-refractivity contribution in [2.45, 2.75) is 112 Å². The van der Waals surface area contributed by atoms with Crippen LogP contribution in [0.5, 0.6) is 0 Å². The summed E-state index contributed by atoms with van der Waals surface area (Å²) < 4.78 is 57.8. The van der Waals surface area contributed by atoms with E-state index in [1.165, 1.54) is 19.3 Å². The highest BCUT2D eigenvalue weighted by molar-refractivity contribution is 5.90. The third-order valence-electron chi connectivity index (χ3n) is 12.5. The number of epoxide rings is 1. The monoisotopic (exact) mass is 890 g/mol. The average Bonchev–Trinajstić information content (AvgIpc) is 3.77. The van der Waals surface area contributed by atoms with E-state index in [4.69, 9.17) is 47.4 Å². The topological polar surface area (TPSA) is 309 Å². The van der Waals surface area contributed by atoms with Crippen molar-refractivity contribution >= 4 is 24.0 Å². The van der Waals surface area contributed by atoms with Gasteiger partial charge in [0.15, 0.2) is 12.4 Å². The Balaban J connectivity index is 1.01. The van der Waals surface area contributed by atoms with Crippen LogP contribution in [-0.4, -0.2) is 177 Å². The maximum Gasteiger partial charge on any atom is 0.338 e. The van der Waals surface area contributed by atoms with Gasteiger partial charge in [-0.1, -0.05) is 30.3 Å². The molecule has 0 radical (unpaired) electrons. The molecule has 0 amide bonds. The van der Waals surface area contributed by atoms with E-state index in [1.54, 1.807) is 24.3 Å². The molecule has 21 heteroatoms. The average molecular weight is 891 g/mol. The standard InChI is InChI=1S/C42H50O21/c1-18(45)55-15-20-8-9-21-23(16-56-38(27(20)21)61-40-34(52)32(50)30(48)24(13-43)58-40)37(53)60-35-33(51)31(49)25(14-44)59-41(35)62-39-28-22(11-12-54-39)29(47)36-42(28,63-36)17-57-26(46)10-7-19-5-3-2-4-6-19/h2-7,10-12,16,21-22,24-25,28-36,38-41,43-44,47-52H,8-9,13-15,17H2,1H3. The lowest BCUT2D eigenvalue weighted by Crippen LogP contribution is -2.62. The summed E-state index contributed by atoms with van der Waals surface area (Å²) in [5.41, 5.74) is 0.133. The van der Waals surface area contributed by atoms with Gasteiger partial charge in [-0.25, -0.2) is 9.59 Å². The number of benzene rings is 1. The second kappa shape index (κ2) is 18.6. The fraction of sp³-hybridized carbons (Fsp3) is 0.595. The van der Waals surface area contributed by atoms with Crippen LogP contribution >= 0.6 is 0 Å². The van der Waals surface area contributed by atoms with Gasteiger partial charge in [0.2, 0.25) is 18.9 Å². The van der Waals surface area contributed by atoms with Crippen molar-refractivity contribution in [3.05, 3.63) is 77.3 Å². The molecule has 1 aromatic rings. The highest BCUT2D eigenvalue weighted by Gasteiger charge is 2.76. The SMILES string of the molecule is CC(=O)OCC1=C2C(OC3OC(CO)C(O)C(O)C3O)OC=C(C(=O)OC3C(OC4OC=CC5C(O)C6OC6(COC(=O)C=Cc6ccccc6)C45)OC(CO)C(O)C3O)C2CC1. The zero-order chi connectivity index (χ0) is 44.7. The molecule has 5 aliphatic heterocycles. The second-order valence-corrected chi connectivity index (χ2v) is 16.3. The van der Waals surface area contributed by atoms with Crippen LogP contribution in [0.3, 0.4) is 0 Å². The number of carbonyl (C=O) groups is 3. The van der Waals surface area contributed by atoms with Gasteiger partial charge in [0.1, 0.15) is 67.6 Å². The van der Waals surface area contributed by atoms with Crippen molar-refractivity contribution in [2.24, 2.45) is 17.8 Å². The molecule has 2 aliphatic carbocycles. The fourth-order valence-corrected chi connectivity index (χ4v) is 9.17. The molecule has 1 saturated carbocycles. The van der Waals surface area contributed by atoms with E-state index in [-0.39, 0.29) is 37.2 Å². The van der Waals surface area contributed by atoms with Crippen LogP contribution in [-0.2, 0) is 61.8 Å². The number of carbonyl (C=O) groups excluding carboxylic acids is 3. The van der Waals surface area contributed by atoms with Gasteiger partial charge in [0.05, 0.1) is 43.3 Å². The number of aliphatic hydroxyl groups excluding tert-OH is 8. The highest BCUT2D eigenvalue weighted by atomic mass is 16.8. The van der Waals surface area contributed by atoms with Crippen LogP contribution in [0.4, 0.5) is 0 Å². The van der Waals surface area contributed by atoms with Gasteiger partial charge in [-0.2, -0.15) is 0 Å². The minimum Gasteiger partial charge on any atom is -0.472 e. The van der Waals surface area contributed by atoms with E-state index in [0.29, 0.717) is 5.57 Å². The molecular weight excluding hydrogens is 840 g/mol. The quantitative estimate of drug-likeness (QED) is 0.0316. The Morgan fingerprint density at radius 3 is 2.25 bits per heavy atom. The van der Waals surface area contributed by atoms with Crippen LogP contribution in [0.25, 0.3) is 6.08 Å². The molecule has 3 saturated heterocycles. The van der Waals surface area contributed by atoms with Crippen molar-refractivity contribution in [3.8, 4) is 0 Å². The minimum atomic E-state index is -1.91. The van der Waals surface area contributed by atoms with E-state index in [9.17, 15) is 55.2 Å². The lowest BCUT2D eigenvalue weighted by molar-refractivity contribution is -0.345. The number of hydrogen-bond donors (Lipinski definition) is 8. The zero-order valence-corrected chi connectivity index (χ0v) is 33.7. The third-order valence-corrected chi connectivity index (χ3v) is 12.5.